The van der Waals surface area contributed by atoms with E-state index in [9.17, 15) is 4.79 Å². The second kappa shape index (κ2) is 6.40. The third-order valence-corrected chi connectivity index (χ3v) is 4.85. The van der Waals surface area contributed by atoms with Crippen molar-refractivity contribution in [3.8, 4) is 0 Å². The van der Waals surface area contributed by atoms with Gasteiger partial charge in [0.1, 0.15) is 5.82 Å². The van der Waals surface area contributed by atoms with Crippen LogP contribution in [0.4, 0.5) is 5.82 Å². The quantitative estimate of drug-likeness (QED) is 0.946. The molecule has 114 valence electrons. The van der Waals surface area contributed by atoms with E-state index in [4.69, 9.17) is 0 Å². The van der Waals surface area contributed by atoms with Gasteiger partial charge in [0.05, 0.1) is 6.04 Å². The molecule has 0 saturated heterocycles. The van der Waals surface area contributed by atoms with Crippen molar-refractivity contribution in [3.05, 3.63) is 53.7 Å². The number of nitrogens with one attached hydrogen (secondary N) is 1. The Kier molecular flexibility index (Phi) is 4.34. The number of thioether (sulfide) groups is 1. The molecule has 1 amide bonds. The van der Waals surface area contributed by atoms with Gasteiger partial charge in [-0.05, 0) is 30.2 Å². The SMILES string of the molecule is CN(C)c1cc(C(=O)N[C@@H]2CCSc3ccccc32)ccn1. The highest BCUT2D eigenvalue weighted by Crippen LogP contribution is 2.35. The zero-order valence-electron chi connectivity index (χ0n) is 12.7. The molecule has 0 saturated carbocycles. The lowest BCUT2D eigenvalue weighted by atomic mass is 10.0. The minimum Gasteiger partial charge on any atom is -0.363 e. The van der Waals surface area contributed by atoms with Crippen molar-refractivity contribution in [2.45, 2.75) is 17.4 Å². The monoisotopic (exact) mass is 313 g/mol. The molecule has 1 aromatic carbocycles. The van der Waals surface area contributed by atoms with Crippen LogP contribution in [0.15, 0.2) is 47.5 Å². The summed E-state index contributed by atoms with van der Waals surface area (Å²) in [6.45, 7) is 0. The summed E-state index contributed by atoms with van der Waals surface area (Å²) in [5.74, 6) is 1.77. The average molecular weight is 313 g/mol. The number of benzene rings is 1. The second-order valence-corrected chi connectivity index (χ2v) is 6.63. The van der Waals surface area contributed by atoms with Crippen molar-refractivity contribution in [1.82, 2.24) is 10.3 Å². The van der Waals surface area contributed by atoms with Gasteiger partial charge in [-0.3, -0.25) is 4.79 Å². The van der Waals surface area contributed by atoms with Gasteiger partial charge in [0, 0.05) is 36.5 Å². The third kappa shape index (κ3) is 3.09. The molecule has 0 aliphatic carbocycles. The lowest BCUT2D eigenvalue weighted by Crippen LogP contribution is -2.30. The van der Waals surface area contributed by atoms with Crippen molar-refractivity contribution in [2.24, 2.45) is 0 Å². The van der Waals surface area contributed by atoms with E-state index in [1.807, 2.05) is 49.0 Å². The predicted octanol–water partition coefficient (Wildman–Crippen LogP) is 3.11. The Bertz CT molecular complexity index is 687. The molecule has 2 aromatic rings. The highest BCUT2D eigenvalue weighted by Gasteiger charge is 2.22. The van der Waals surface area contributed by atoms with Gasteiger partial charge in [-0.25, -0.2) is 4.98 Å². The van der Waals surface area contributed by atoms with Crippen molar-refractivity contribution in [3.63, 3.8) is 0 Å². The number of aromatic nitrogens is 1. The minimum absolute atomic E-state index is 0.0443. The normalized spacial score (nSPS) is 16.7. The van der Waals surface area contributed by atoms with Gasteiger partial charge in [-0.2, -0.15) is 0 Å². The van der Waals surface area contributed by atoms with Crippen molar-refractivity contribution < 1.29 is 4.79 Å². The summed E-state index contributed by atoms with van der Waals surface area (Å²) in [7, 11) is 3.83. The van der Waals surface area contributed by atoms with Crippen LogP contribution >= 0.6 is 11.8 Å². The Hall–Kier alpha value is -2.01. The van der Waals surface area contributed by atoms with Crippen LogP contribution in [0.5, 0.6) is 0 Å². The summed E-state index contributed by atoms with van der Waals surface area (Å²) in [6.07, 6.45) is 2.63. The molecule has 1 atom stereocenters. The maximum absolute atomic E-state index is 12.5. The highest BCUT2D eigenvalue weighted by atomic mass is 32.2. The van der Waals surface area contributed by atoms with Gasteiger partial charge in [-0.1, -0.05) is 18.2 Å². The van der Waals surface area contributed by atoms with E-state index in [0.29, 0.717) is 5.56 Å². The molecule has 0 bridgehead atoms. The molecule has 0 unspecified atom stereocenters. The minimum atomic E-state index is -0.0443. The molecule has 5 heteroatoms. The summed E-state index contributed by atoms with van der Waals surface area (Å²) in [5, 5.41) is 3.16. The molecular weight excluding hydrogens is 294 g/mol. The molecule has 1 aliphatic rings. The summed E-state index contributed by atoms with van der Waals surface area (Å²) < 4.78 is 0. The number of carbonyl (C=O) groups excluding carboxylic acids is 1. The summed E-state index contributed by atoms with van der Waals surface area (Å²) in [5.41, 5.74) is 1.86. The van der Waals surface area contributed by atoms with Gasteiger partial charge in [0.2, 0.25) is 0 Å². The topological polar surface area (TPSA) is 45.2 Å². The standard InChI is InChI=1S/C17H19N3OS/c1-20(2)16-11-12(7-9-18-16)17(21)19-14-8-10-22-15-6-4-3-5-13(14)15/h3-7,9,11,14H,8,10H2,1-2H3,(H,19,21)/t14-/m1/s1. The van der Waals surface area contributed by atoms with Crippen LogP contribution in [0.1, 0.15) is 28.4 Å². The Morgan fingerprint density at radius 2 is 2.14 bits per heavy atom. The van der Waals surface area contributed by atoms with Crippen molar-refractivity contribution >= 4 is 23.5 Å². The largest absolute Gasteiger partial charge is 0.363 e. The molecule has 4 nitrogen and oxygen atoms in total. The first kappa shape index (κ1) is 14.9. The zero-order chi connectivity index (χ0) is 15.5. The Balaban J connectivity index is 1.79. The van der Waals surface area contributed by atoms with Crippen LogP contribution in [0.25, 0.3) is 0 Å². The highest BCUT2D eigenvalue weighted by molar-refractivity contribution is 7.99. The number of anilines is 1. The number of pyridine rings is 1. The van der Waals surface area contributed by atoms with Crippen LogP contribution < -0.4 is 10.2 Å². The van der Waals surface area contributed by atoms with E-state index < -0.39 is 0 Å². The molecule has 0 fully saturated rings. The average Bonchev–Trinajstić information content (AvgIpc) is 2.55. The predicted molar refractivity (Wildman–Crippen MR) is 90.6 cm³/mol. The molecule has 22 heavy (non-hydrogen) atoms. The molecule has 3 rings (SSSR count). The number of fused-ring (bicyclic) bond motifs is 1. The van der Waals surface area contributed by atoms with Crippen LogP contribution in [-0.4, -0.2) is 30.7 Å². The van der Waals surface area contributed by atoms with Crippen molar-refractivity contribution in [1.29, 1.82) is 0 Å². The maximum Gasteiger partial charge on any atom is 0.251 e. The molecule has 1 aromatic heterocycles. The zero-order valence-corrected chi connectivity index (χ0v) is 13.6. The van der Waals surface area contributed by atoms with E-state index >= 15 is 0 Å². The van der Waals surface area contributed by atoms with Gasteiger partial charge in [0.15, 0.2) is 0 Å². The summed E-state index contributed by atoms with van der Waals surface area (Å²) >= 11 is 1.85. The van der Waals surface area contributed by atoms with Crippen LogP contribution in [-0.2, 0) is 0 Å². The van der Waals surface area contributed by atoms with Gasteiger partial charge in [-0.15, -0.1) is 11.8 Å². The fraction of sp³-hybridized carbons (Fsp3) is 0.294. The molecule has 0 spiro atoms. The number of hydrogen-bond acceptors (Lipinski definition) is 4. The maximum atomic E-state index is 12.5. The molecule has 2 heterocycles. The lowest BCUT2D eigenvalue weighted by Gasteiger charge is -2.26. The molecule has 0 radical (unpaired) electrons. The van der Waals surface area contributed by atoms with Crippen LogP contribution in [0, 0.1) is 0 Å². The molecular formula is C17H19N3OS. The first-order valence-electron chi connectivity index (χ1n) is 7.31. The second-order valence-electron chi connectivity index (χ2n) is 5.50. The van der Waals surface area contributed by atoms with Gasteiger partial charge >= 0.3 is 0 Å². The molecule has 1 N–H and O–H groups in total. The van der Waals surface area contributed by atoms with Gasteiger partial charge < -0.3 is 10.2 Å². The Labute approximate surface area is 134 Å². The van der Waals surface area contributed by atoms with E-state index in [0.717, 1.165) is 18.0 Å². The molecule has 1 aliphatic heterocycles. The third-order valence-electron chi connectivity index (χ3n) is 3.73. The van der Waals surface area contributed by atoms with Gasteiger partial charge in [0.25, 0.3) is 5.91 Å². The Morgan fingerprint density at radius 1 is 1.32 bits per heavy atom. The van der Waals surface area contributed by atoms with E-state index in [1.54, 1.807) is 12.3 Å². The first-order chi connectivity index (χ1) is 10.6. The Morgan fingerprint density at radius 3 is 2.95 bits per heavy atom. The lowest BCUT2D eigenvalue weighted by molar-refractivity contribution is 0.0935. The fourth-order valence-electron chi connectivity index (χ4n) is 2.54. The number of carbonyl (C=O) groups is 1. The van der Waals surface area contributed by atoms with E-state index in [2.05, 4.69) is 22.4 Å². The smallest absolute Gasteiger partial charge is 0.251 e. The van der Waals surface area contributed by atoms with Crippen LogP contribution in [0.2, 0.25) is 0 Å². The first-order valence-corrected chi connectivity index (χ1v) is 8.29. The van der Waals surface area contributed by atoms with Crippen molar-refractivity contribution in [2.75, 3.05) is 24.7 Å². The van der Waals surface area contributed by atoms with E-state index in [-0.39, 0.29) is 11.9 Å². The number of amides is 1. The number of hydrogen-bond donors (Lipinski definition) is 1. The van der Waals surface area contributed by atoms with E-state index in [1.165, 1.54) is 10.5 Å². The number of rotatable bonds is 3. The fourth-order valence-corrected chi connectivity index (χ4v) is 3.66. The number of nitrogens with zero attached hydrogens (tertiary/aromatic N) is 2. The summed E-state index contributed by atoms with van der Waals surface area (Å²) in [6, 6.07) is 12.0. The summed E-state index contributed by atoms with van der Waals surface area (Å²) in [4.78, 5) is 19.9. The van der Waals surface area contributed by atoms with Crippen LogP contribution in [0.3, 0.4) is 0 Å².